The number of nitrogens with zero attached hydrogens (tertiary/aromatic N) is 2. The van der Waals surface area contributed by atoms with E-state index in [-0.39, 0.29) is 24.5 Å². The van der Waals surface area contributed by atoms with Crippen LogP contribution in [0.3, 0.4) is 0 Å². The molecule has 7 nitrogen and oxygen atoms in total. The fourth-order valence-electron chi connectivity index (χ4n) is 3.72. The second kappa shape index (κ2) is 16.8. The van der Waals surface area contributed by atoms with Crippen LogP contribution < -0.4 is 10.6 Å². The molecule has 9 heteroatoms. The second-order valence-electron chi connectivity index (χ2n) is 9.61. The number of carbonyl (C=O) groups is 2. The number of hydrogen-bond donors (Lipinski definition) is 3. The summed E-state index contributed by atoms with van der Waals surface area (Å²) < 4.78 is 1.83. The predicted octanol–water partition coefficient (Wildman–Crippen LogP) is 6.17. The molecule has 3 N–H and O–H groups in total. The molecule has 0 aliphatic heterocycles. The van der Waals surface area contributed by atoms with Gasteiger partial charge >= 0.3 is 0 Å². The Balaban J connectivity index is 0.000000391. The van der Waals surface area contributed by atoms with Crippen molar-refractivity contribution in [3.8, 4) is 11.3 Å². The topological polar surface area (TPSA) is 96.3 Å². The quantitative estimate of drug-likeness (QED) is 0.227. The number of benzene rings is 1. The van der Waals surface area contributed by atoms with Gasteiger partial charge in [-0.05, 0) is 50.4 Å². The Morgan fingerprint density at radius 3 is 2.63 bits per heavy atom. The zero-order valence-electron chi connectivity index (χ0n) is 23.4. The lowest BCUT2D eigenvalue weighted by Gasteiger charge is -2.12. The Bertz CT molecular complexity index is 1130. The van der Waals surface area contributed by atoms with E-state index in [1.54, 1.807) is 18.5 Å². The largest absolute Gasteiger partial charge is 0.402 e. The summed E-state index contributed by atoms with van der Waals surface area (Å²) in [6, 6.07) is 9.74. The van der Waals surface area contributed by atoms with E-state index in [9.17, 15) is 14.7 Å². The number of thiazole rings is 1. The molecule has 1 radical (unpaired) electrons. The van der Waals surface area contributed by atoms with Crippen molar-refractivity contribution in [2.75, 3.05) is 11.9 Å². The van der Waals surface area contributed by atoms with E-state index in [0.29, 0.717) is 10.7 Å². The molecule has 0 saturated heterocycles. The fraction of sp³-hybridized carbons (Fsp3) is 0.483. The molecule has 0 fully saturated rings. The number of aryl methyl sites for hydroxylation is 1. The molecule has 0 bridgehead atoms. The van der Waals surface area contributed by atoms with Gasteiger partial charge in [-0.25, -0.2) is 4.98 Å². The molecule has 0 saturated carbocycles. The summed E-state index contributed by atoms with van der Waals surface area (Å²) in [5.41, 5.74) is 3.49. The first-order chi connectivity index (χ1) is 18.2. The summed E-state index contributed by atoms with van der Waals surface area (Å²) in [5, 5.41) is 17.1. The molecule has 38 heavy (non-hydrogen) atoms. The lowest BCUT2D eigenvalue weighted by atomic mass is 9.90. The number of aliphatic hydroxyl groups is 1. The van der Waals surface area contributed by atoms with Crippen LogP contribution >= 0.6 is 11.3 Å². The van der Waals surface area contributed by atoms with Gasteiger partial charge in [0.1, 0.15) is 0 Å². The second-order valence-corrected chi connectivity index (χ2v) is 10.5. The van der Waals surface area contributed by atoms with Crippen LogP contribution in [0.5, 0.6) is 0 Å². The van der Waals surface area contributed by atoms with E-state index in [1.807, 2.05) is 55.4 Å². The highest BCUT2D eigenvalue weighted by Gasteiger charge is 2.12. The summed E-state index contributed by atoms with van der Waals surface area (Å²) in [5.74, 6) is 0.183. The summed E-state index contributed by atoms with van der Waals surface area (Å²) in [6.45, 7) is 10.5. The van der Waals surface area contributed by atoms with Gasteiger partial charge in [0.15, 0.2) is 5.13 Å². The number of aromatic nitrogens is 2. The van der Waals surface area contributed by atoms with Gasteiger partial charge in [0, 0.05) is 17.1 Å². The molecule has 2 atom stereocenters. The van der Waals surface area contributed by atoms with Gasteiger partial charge in [-0.15, -0.1) is 11.3 Å². The maximum absolute atomic E-state index is 12.1. The monoisotopic (exact) mass is 537 g/mol. The molecule has 2 amide bonds. The van der Waals surface area contributed by atoms with Crippen LogP contribution in [-0.2, 0) is 4.79 Å². The number of nitrogens with one attached hydrogen (secondary N) is 2. The van der Waals surface area contributed by atoms with E-state index in [1.165, 1.54) is 24.2 Å². The fourth-order valence-corrected chi connectivity index (χ4v) is 4.46. The Hall–Kier alpha value is -2.91. The molecular weight excluding hydrogens is 495 g/mol. The van der Waals surface area contributed by atoms with Gasteiger partial charge in [-0.2, -0.15) is 0 Å². The van der Waals surface area contributed by atoms with Crippen LogP contribution in [-0.4, -0.2) is 46.4 Å². The van der Waals surface area contributed by atoms with Crippen molar-refractivity contribution in [2.45, 2.75) is 79.1 Å². The molecule has 2 unspecified atom stereocenters. The summed E-state index contributed by atoms with van der Waals surface area (Å²) in [6.07, 6.45) is 9.83. The zero-order valence-corrected chi connectivity index (χ0v) is 24.2. The van der Waals surface area contributed by atoms with Crippen LogP contribution in [0.4, 0.5) is 5.13 Å². The minimum absolute atomic E-state index is 0.0472. The van der Waals surface area contributed by atoms with E-state index in [2.05, 4.69) is 36.4 Å². The van der Waals surface area contributed by atoms with Gasteiger partial charge in [0.2, 0.25) is 5.91 Å². The molecule has 0 aliphatic rings. The summed E-state index contributed by atoms with van der Waals surface area (Å²) in [7, 11) is 1.96. The Morgan fingerprint density at radius 1 is 1.16 bits per heavy atom. The van der Waals surface area contributed by atoms with Gasteiger partial charge < -0.3 is 20.2 Å². The Morgan fingerprint density at radius 2 is 1.95 bits per heavy atom. The number of anilines is 1. The number of aliphatic hydroxyl groups excluding tert-OH is 1. The van der Waals surface area contributed by atoms with Crippen molar-refractivity contribution in [1.29, 1.82) is 0 Å². The third-order valence-electron chi connectivity index (χ3n) is 6.16. The van der Waals surface area contributed by atoms with Crippen LogP contribution in [0.15, 0.2) is 48.1 Å². The molecule has 3 rings (SSSR count). The smallest absolute Gasteiger partial charge is 0.253 e. The van der Waals surface area contributed by atoms with Crippen LogP contribution in [0.1, 0.15) is 75.7 Å². The molecule has 0 aliphatic carbocycles. The SMILES string of the molecule is CCCC(O)CCC(C)CC.CC[B]n1ccc(C(=O)NCC(=O)Nc2nc(-c3cccc(C)c3)cs2)c1. The number of amides is 2. The molecule has 2 aromatic heterocycles. The normalized spacial score (nSPS) is 12.2. The maximum Gasteiger partial charge on any atom is 0.253 e. The zero-order chi connectivity index (χ0) is 27.9. The van der Waals surface area contributed by atoms with E-state index >= 15 is 0 Å². The lowest BCUT2D eigenvalue weighted by molar-refractivity contribution is -0.115. The summed E-state index contributed by atoms with van der Waals surface area (Å²) >= 11 is 1.35. The van der Waals surface area contributed by atoms with Crippen molar-refractivity contribution in [3.05, 3.63) is 59.2 Å². The highest BCUT2D eigenvalue weighted by molar-refractivity contribution is 7.14. The minimum Gasteiger partial charge on any atom is -0.402 e. The first kappa shape index (κ1) is 31.3. The van der Waals surface area contributed by atoms with Crippen LogP contribution in [0, 0.1) is 12.8 Å². The van der Waals surface area contributed by atoms with Gasteiger partial charge in [-0.1, -0.05) is 70.6 Å². The molecule has 0 spiro atoms. The number of rotatable bonds is 13. The third-order valence-corrected chi connectivity index (χ3v) is 6.91. The predicted molar refractivity (Wildman–Crippen MR) is 159 cm³/mol. The van der Waals surface area contributed by atoms with Crippen molar-refractivity contribution in [1.82, 2.24) is 14.8 Å². The summed E-state index contributed by atoms with van der Waals surface area (Å²) in [4.78, 5) is 28.6. The maximum atomic E-state index is 12.1. The number of hydrogen-bond acceptors (Lipinski definition) is 5. The van der Waals surface area contributed by atoms with Crippen molar-refractivity contribution in [2.24, 2.45) is 5.92 Å². The highest BCUT2D eigenvalue weighted by atomic mass is 32.1. The van der Waals surface area contributed by atoms with Crippen molar-refractivity contribution >= 4 is 35.7 Å². The Kier molecular flexibility index (Phi) is 13.9. The van der Waals surface area contributed by atoms with E-state index in [4.69, 9.17) is 0 Å². The number of carbonyl (C=O) groups excluding carboxylic acids is 2. The minimum atomic E-state index is -0.312. The average molecular weight is 538 g/mol. The molecule has 2 heterocycles. The van der Waals surface area contributed by atoms with Gasteiger partial charge in [0.25, 0.3) is 13.3 Å². The van der Waals surface area contributed by atoms with Crippen molar-refractivity contribution < 1.29 is 14.7 Å². The average Bonchev–Trinajstić information content (AvgIpc) is 3.57. The molecule has 205 valence electrons. The third kappa shape index (κ3) is 11.2. The first-order valence-corrected chi connectivity index (χ1v) is 14.4. The molecule has 3 aromatic rings. The Labute approximate surface area is 232 Å². The highest BCUT2D eigenvalue weighted by Crippen LogP contribution is 2.25. The van der Waals surface area contributed by atoms with Gasteiger partial charge in [-0.3, -0.25) is 9.59 Å². The van der Waals surface area contributed by atoms with Crippen LogP contribution in [0.25, 0.3) is 11.3 Å². The lowest BCUT2D eigenvalue weighted by Crippen LogP contribution is -2.32. The van der Waals surface area contributed by atoms with Crippen LogP contribution in [0.2, 0.25) is 6.32 Å². The van der Waals surface area contributed by atoms with Gasteiger partial charge in [0.05, 0.1) is 23.9 Å². The first-order valence-electron chi connectivity index (χ1n) is 13.5. The molecule has 1 aromatic carbocycles. The standard InChI is InChI=1S/C19H20BN4O2S.C10H22O/c1-3-20-24-8-7-15(11-24)18(26)21-10-17(25)23-19-22-16(12-27-19)14-6-4-5-13(2)9-14;1-4-6-10(11)8-7-9(3)5-2/h4-9,11-12H,3,10H2,1-2H3,(H,21,26)(H,22,23,25);9-11H,4-8H2,1-3H3. The van der Waals surface area contributed by atoms with Crippen molar-refractivity contribution in [3.63, 3.8) is 0 Å². The van der Waals surface area contributed by atoms with E-state index in [0.717, 1.165) is 48.3 Å². The molecular formula is C29H42BN4O3S. The van der Waals surface area contributed by atoms with E-state index < -0.39 is 0 Å².